The van der Waals surface area contributed by atoms with E-state index in [1.807, 2.05) is 24.3 Å². The van der Waals surface area contributed by atoms with Crippen LogP contribution in [-0.2, 0) is 16.1 Å². The highest BCUT2D eigenvalue weighted by Crippen LogP contribution is 2.24. The maximum atomic E-state index is 13.2. The van der Waals surface area contributed by atoms with Gasteiger partial charge in [0.15, 0.2) is 11.5 Å². The summed E-state index contributed by atoms with van der Waals surface area (Å²) >= 11 is 0. The Kier molecular flexibility index (Phi) is 7.41. The van der Waals surface area contributed by atoms with Crippen LogP contribution in [0.1, 0.15) is 35.5 Å². The van der Waals surface area contributed by atoms with Gasteiger partial charge >= 0.3 is 0 Å². The summed E-state index contributed by atoms with van der Waals surface area (Å²) in [6, 6.07) is 12.5. The summed E-state index contributed by atoms with van der Waals surface area (Å²) in [4.78, 5) is 27.1. The molecule has 0 radical (unpaired) electrons. The molecule has 9 heteroatoms. The van der Waals surface area contributed by atoms with E-state index < -0.39 is 0 Å². The Morgan fingerprint density at radius 2 is 2.09 bits per heavy atom. The maximum absolute atomic E-state index is 13.2. The Morgan fingerprint density at radius 1 is 1.24 bits per heavy atom. The molecule has 33 heavy (non-hydrogen) atoms. The third kappa shape index (κ3) is 6.01. The smallest absolute Gasteiger partial charge is 0.276 e. The van der Waals surface area contributed by atoms with Gasteiger partial charge < -0.3 is 28.6 Å². The summed E-state index contributed by atoms with van der Waals surface area (Å²) in [5.74, 6) is 1.41. The van der Waals surface area contributed by atoms with Crippen LogP contribution in [0.5, 0.6) is 5.75 Å². The van der Waals surface area contributed by atoms with Crippen LogP contribution >= 0.6 is 0 Å². The topological polar surface area (TPSA) is 107 Å². The van der Waals surface area contributed by atoms with Crippen molar-refractivity contribution in [3.8, 4) is 17.1 Å². The molecule has 3 aromatic rings. The van der Waals surface area contributed by atoms with Gasteiger partial charge in [-0.25, -0.2) is 0 Å². The summed E-state index contributed by atoms with van der Waals surface area (Å²) in [6.07, 6.45) is 3.50. The van der Waals surface area contributed by atoms with Gasteiger partial charge in [0.1, 0.15) is 11.5 Å². The number of carbonyl (C=O) groups excluding carboxylic acids is 2. The predicted molar refractivity (Wildman–Crippen MR) is 119 cm³/mol. The fourth-order valence-electron chi connectivity index (χ4n) is 3.66. The van der Waals surface area contributed by atoms with Crippen molar-refractivity contribution < 1.29 is 28.0 Å². The molecule has 1 saturated heterocycles. The molecule has 0 saturated carbocycles. The molecule has 2 amide bonds. The first kappa shape index (κ1) is 22.6. The average Bonchev–Trinajstić information content (AvgIpc) is 3.63. The number of amides is 2. The molecular weight excluding hydrogens is 426 g/mol. The quantitative estimate of drug-likeness (QED) is 0.502. The van der Waals surface area contributed by atoms with Gasteiger partial charge in [-0.15, -0.1) is 0 Å². The van der Waals surface area contributed by atoms with Crippen LogP contribution in [0.25, 0.3) is 11.3 Å². The van der Waals surface area contributed by atoms with Crippen molar-refractivity contribution in [2.24, 2.45) is 0 Å². The molecule has 174 valence electrons. The zero-order valence-electron chi connectivity index (χ0n) is 18.5. The predicted octanol–water partition coefficient (Wildman–Crippen LogP) is 3.27. The van der Waals surface area contributed by atoms with Crippen molar-refractivity contribution in [2.75, 3.05) is 26.8 Å². The second-order valence-corrected chi connectivity index (χ2v) is 7.80. The molecule has 0 unspecified atom stereocenters. The summed E-state index contributed by atoms with van der Waals surface area (Å²) in [5.41, 5.74) is 0.972. The lowest BCUT2D eigenvalue weighted by Gasteiger charge is -2.24. The van der Waals surface area contributed by atoms with Crippen LogP contribution in [0, 0.1) is 0 Å². The van der Waals surface area contributed by atoms with E-state index in [1.165, 1.54) is 0 Å². The van der Waals surface area contributed by atoms with E-state index >= 15 is 0 Å². The Labute approximate surface area is 191 Å². The lowest BCUT2D eigenvalue weighted by molar-refractivity contribution is -0.121. The highest BCUT2D eigenvalue weighted by Gasteiger charge is 2.26. The van der Waals surface area contributed by atoms with Crippen LogP contribution < -0.4 is 10.1 Å². The first-order chi connectivity index (χ1) is 16.1. The Morgan fingerprint density at radius 3 is 2.79 bits per heavy atom. The molecule has 9 nitrogen and oxygen atoms in total. The molecule has 1 N–H and O–H groups in total. The molecule has 3 heterocycles. The van der Waals surface area contributed by atoms with Gasteiger partial charge in [0, 0.05) is 37.7 Å². The minimum Gasteiger partial charge on any atom is -0.497 e. The molecule has 1 aliphatic rings. The Bertz CT molecular complexity index is 1040. The zero-order chi connectivity index (χ0) is 23.0. The Hall–Kier alpha value is -3.59. The van der Waals surface area contributed by atoms with Gasteiger partial charge in [-0.3, -0.25) is 9.59 Å². The number of methoxy groups -OCH3 is 1. The van der Waals surface area contributed by atoms with Crippen LogP contribution in [0.15, 0.2) is 57.7 Å². The number of furan rings is 1. The van der Waals surface area contributed by atoms with Crippen LogP contribution in [0.4, 0.5) is 0 Å². The first-order valence-corrected chi connectivity index (χ1v) is 10.9. The van der Waals surface area contributed by atoms with E-state index in [-0.39, 0.29) is 36.6 Å². The molecule has 1 aromatic carbocycles. The van der Waals surface area contributed by atoms with E-state index in [0.717, 1.165) is 24.2 Å². The average molecular weight is 453 g/mol. The first-order valence-electron chi connectivity index (χ1n) is 10.9. The number of carbonyl (C=O) groups is 2. The highest BCUT2D eigenvalue weighted by atomic mass is 16.5. The SMILES string of the molecule is COc1ccc(-c2cc(C(=O)N(CCC(=O)NCc3ccco3)C[C@H]3CCCO3)no2)cc1. The standard InChI is InChI=1S/C24H27N3O6/c1-30-18-8-6-17(7-9-18)22-14-21(26-33-22)24(29)27(16-20-5-3-13-32-20)11-10-23(28)25-15-19-4-2-12-31-19/h2,4,6-9,12,14,20H,3,5,10-11,13,15-16H2,1H3,(H,25,28)/t20-/m1/s1. The molecule has 1 fully saturated rings. The van der Waals surface area contributed by atoms with Gasteiger partial charge in [0.05, 0.1) is 26.0 Å². The lowest BCUT2D eigenvalue weighted by atomic mass is 10.1. The van der Waals surface area contributed by atoms with Gasteiger partial charge in [-0.2, -0.15) is 0 Å². The fraction of sp³-hybridized carbons (Fsp3) is 0.375. The van der Waals surface area contributed by atoms with Crippen LogP contribution in [-0.4, -0.2) is 54.8 Å². The van der Waals surface area contributed by atoms with Gasteiger partial charge in [0.2, 0.25) is 5.91 Å². The van der Waals surface area contributed by atoms with Crippen LogP contribution in [0.3, 0.4) is 0 Å². The van der Waals surface area contributed by atoms with Gasteiger partial charge in [-0.1, -0.05) is 5.16 Å². The van der Waals surface area contributed by atoms with Crippen molar-refractivity contribution in [2.45, 2.75) is 31.9 Å². The van der Waals surface area contributed by atoms with E-state index in [4.69, 9.17) is 18.4 Å². The molecule has 1 atom stereocenters. The monoisotopic (exact) mass is 453 g/mol. The van der Waals surface area contributed by atoms with E-state index in [1.54, 1.807) is 36.5 Å². The fourth-order valence-corrected chi connectivity index (χ4v) is 3.66. The lowest BCUT2D eigenvalue weighted by Crippen LogP contribution is -2.40. The minimum atomic E-state index is -0.298. The maximum Gasteiger partial charge on any atom is 0.276 e. The van der Waals surface area contributed by atoms with Crippen LogP contribution in [0.2, 0.25) is 0 Å². The number of nitrogens with one attached hydrogen (secondary N) is 1. The summed E-state index contributed by atoms with van der Waals surface area (Å²) in [7, 11) is 1.60. The number of hydrogen-bond acceptors (Lipinski definition) is 7. The normalized spacial score (nSPS) is 15.4. The number of rotatable bonds is 10. The molecule has 0 spiro atoms. The molecule has 4 rings (SSSR count). The zero-order valence-corrected chi connectivity index (χ0v) is 18.5. The van der Waals surface area contributed by atoms with Crippen molar-refractivity contribution in [3.63, 3.8) is 0 Å². The third-order valence-electron chi connectivity index (χ3n) is 5.49. The number of hydrogen-bond donors (Lipinski definition) is 1. The van der Waals surface area contributed by atoms with Crippen molar-refractivity contribution in [1.29, 1.82) is 0 Å². The largest absolute Gasteiger partial charge is 0.497 e. The second kappa shape index (κ2) is 10.8. The van der Waals surface area contributed by atoms with E-state index in [9.17, 15) is 9.59 Å². The summed E-state index contributed by atoms with van der Waals surface area (Å²) in [5, 5.41) is 6.78. The van der Waals surface area contributed by atoms with Crippen molar-refractivity contribution >= 4 is 11.8 Å². The number of aromatic nitrogens is 1. The summed E-state index contributed by atoms with van der Waals surface area (Å²) in [6.45, 7) is 1.63. The summed E-state index contributed by atoms with van der Waals surface area (Å²) < 4.78 is 21.5. The van der Waals surface area contributed by atoms with E-state index in [2.05, 4.69) is 10.5 Å². The van der Waals surface area contributed by atoms with Gasteiger partial charge in [-0.05, 0) is 49.2 Å². The van der Waals surface area contributed by atoms with Crippen molar-refractivity contribution in [1.82, 2.24) is 15.4 Å². The molecular formula is C24H27N3O6. The number of benzene rings is 1. The third-order valence-corrected chi connectivity index (χ3v) is 5.49. The van der Waals surface area contributed by atoms with E-state index in [0.29, 0.717) is 31.2 Å². The Balaban J connectivity index is 1.40. The second-order valence-electron chi connectivity index (χ2n) is 7.80. The molecule has 1 aliphatic heterocycles. The minimum absolute atomic E-state index is 0.0481. The number of nitrogens with zero attached hydrogens (tertiary/aromatic N) is 2. The molecule has 0 aliphatic carbocycles. The number of ether oxygens (including phenoxy) is 2. The molecule has 0 bridgehead atoms. The highest BCUT2D eigenvalue weighted by molar-refractivity contribution is 5.93. The van der Waals surface area contributed by atoms with Crippen molar-refractivity contribution in [3.05, 3.63) is 60.2 Å². The van der Waals surface area contributed by atoms with Gasteiger partial charge in [0.25, 0.3) is 5.91 Å². The molecule has 2 aromatic heterocycles.